The van der Waals surface area contributed by atoms with Gasteiger partial charge in [-0.25, -0.2) is 0 Å². The predicted molar refractivity (Wildman–Crippen MR) is 98.6 cm³/mol. The molecular weight excluding hydrogens is 298 g/mol. The molecule has 2 aromatic carbocycles. The van der Waals surface area contributed by atoms with Crippen molar-refractivity contribution in [1.82, 2.24) is 4.90 Å². The van der Waals surface area contributed by atoms with Crippen LogP contribution in [-0.2, 0) is 22.6 Å². The topological polar surface area (TPSA) is 21.7 Å². The van der Waals surface area contributed by atoms with E-state index in [0.29, 0.717) is 13.2 Å². The van der Waals surface area contributed by atoms with E-state index in [1.807, 2.05) is 13.8 Å². The molecule has 0 radical (unpaired) electrons. The van der Waals surface area contributed by atoms with Crippen molar-refractivity contribution in [2.24, 2.45) is 0 Å². The van der Waals surface area contributed by atoms with Crippen LogP contribution in [0.3, 0.4) is 0 Å². The fourth-order valence-corrected chi connectivity index (χ4v) is 2.81. The standard InChI is InChI=1S/C21H29NO2/c1-4-23-21(24-5-2)18(3)22(16-19-12-8-6-9-13-19)17-20-14-10-7-11-15-20/h6-15,18,21H,4-5,16-17H2,1-3H3. The Bertz CT molecular complexity index is 511. The monoisotopic (exact) mass is 327 g/mol. The van der Waals surface area contributed by atoms with Gasteiger partial charge in [0.15, 0.2) is 6.29 Å². The predicted octanol–water partition coefficient (Wildman–Crippen LogP) is 4.48. The lowest BCUT2D eigenvalue weighted by atomic mass is 10.1. The second kappa shape index (κ2) is 10.2. The molecule has 0 aliphatic rings. The van der Waals surface area contributed by atoms with Gasteiger partial charge in [-0.2, -0.15) is 0 Å². The van der Waals surface area contributed by atoms with Crippen molar-refractivity contribution in [3.8, 4) is 0 Å². The molecule has 0 heterocycles. The summed E-state index contributed by atoms with van der Waals surface area (Å²) in [4.78, 5) is 2.42. The quantitative estimate of drug-likeness (QED) is 0.601. The van der Waals surface area contributed by atoms with Crippen LogP contribution in [-0.4, -0.2) is 30.4 Å². The van der Waals surface area contributed by atoms with Crippen LogP contribution in [0.1, 0.15) is 31.9 Å². The molecule has 0 amide bonds. The molecule has 3 heteroatoms. The SMILES string of the molecule is CCOC(OCC)C(C)N(Cc1ccccc1)Cc1ccccc1. The maximum Gasteiger partial charge on any atom is 0.172 e. The average Bonchev–Trinajstić information content (AvgIpc) is 2.62. The van der Waals surface area contributed by atoms with Crippen LogP contribution in [0.4, 0.5) is 0 Å². The number of rotatable bonds is 10. The number of ether oxygens (including phenoxy) is 2. The van der Waals surface area contributed by atoms with Crippen molar-refractivity contribution in [3.63, 3.8) is 0 Å². The van der Waals surface area contributed by atoms with Crippen LogP contribution in [0.5, 0.6) is 0 Å². The summed E-state index contributed by atoms with van der Waals surface area (Å²) in [6.45, 7) is 9.25. The lowest BCUT2D eigenvalue weighted by molar-refractivity contribution is -0.173. The van der Waals surface area contributed by atoms with Crippen LogP contribution >= 0.6 is 0 Å². The molecule has 0 N–H and O–H groups in total. The first kappa shape index (κ1) is 18.7. The molecule has 0 aliphatic heterocycles. The van der Waals surface area contributed by atoms with Crippen molar-refractivity contribution in [2.75, 3.05) is 13.2 Å². The molecule has 0 spiro atoms. The maximum absolute atomic E-state index is 5.84. The van der Waals surface area contributed by atoms with Gasteiger partial charge in [-0.1, -0.05) is 60.7 Å². The van der Waals surface area contributed by atoms with Gasteiger partial charge in [0.1, 0.15) is 0 Å². The van der Waals surface area contributed by atoms with Gasteiger partial charge < -0.3 is 9.47 Å². The van der Waals surface area contributed by atoms with Crippen molar-refractivity contribution in [3.05, 3.63) is 71.8 Å². The Kier molecular flexibility index (Phi) is 7.96. The molecular formula is C21H29NO2. The second-order valence-corrected chi connectivity index (χ2v) is 5.90. The summed E-state index contributed by atoms with van der Waals surface area (Å²) < 4.78 is 11.7. The van der Waals surface area contributed by atoms with E-state index in [-0.39, 0.29) is 12.3 Å². The molecule has 0 saturated carbocycles. The van der Waals surface area contributed by atoms with Crippen LogP contribution in [0.15, 0.2) is 60.7 Å². The molecule has 3 nitrogen and oxygen atoms in total. The minimum absolute atomic E-state index is 0.158. The summed E-state index contributed by atoms with van der Waals surface area (Å²) >= 11 is 0. The Morgan fingerprint density at radius 1 is 0.750 bits per heavy atom. The van der Waals surface area contributed by atoms with E-state index in [1.54, 1.807) is 0 Å². The summed E-state index contributed by atoms with van der Waals surface area (Å²) in [5.41, 5.74) is 2.60. The number of nitrogens with zero attached hydrogens (tertiary/aromatic N) is 1. The van der Waals surface area contributed by atoms with E-state index in [2.05, 4.69) is 72.5 Å². The molecule has 130 valence electrons. The molecule has 24 heavy (non-hydrogen) atoms. The molecule has 0 bridgehead atoms. The van der Waals surface area contributed by atoms with Gasteiger partial charge >= 0.3 is 0 Å². The van der Waals surface area contributed by atoms with E-state index in [4.69, 9.17) is 9.47 Å². The third-order valence-electron chi connectivity index (χ3n) is 4.09. The van der Waals surface area contributed by atoms with Gasteiger partial charge in [-0.15, -0.1) is 0 Å². The van der Waals surface area contributed by atoms with Crippen LogP contribution in [0.25, 0.3) is 0 Å². The minimum atomic E-state index is -0.215. The van der Waals surface area contributed by atoms with Gasteiger partial charge in [0.2, 0.25) is 0 Å². The zero-order chi connectivity index (χ0) is 17.2. The minimum Gasteiger partial charge on any atom is -0.351 e. The Morgan fingerprint density at radius 3 is 1.54 bits per heavy atom. The van der Waals surface area contributed by atoms with E-state index < -0.39 is 0 Å². The number of hydrogen-bond acceptors (Lipinski definition) is 3. The van der Waals surface area contributed by atoms with Crippen molar-refractivity contribution in [2.45, 2.75) is 46.2 Å². The second-order valence-electron chi connectivity index (χ2n) is 5.90. The van der Waals surface area contributed by atoms with E-state index in [1.165, 1.54) is 11.1 Å². The summed E-state index contributed by atoms with van der Waals surface area (Å²) in [7, 11) is 0. The Hall–Kier alpha value is -1.68. The highest BCUT2D eigenvalue weighted by Crippen LogP contribution is 2.17. The summed E-state index contributed by atoms with van der Waals surface area (Å²) in [5, 5.41) is 0. The lowest BCUT2D eigenvalue weighted by Gasteiger charge is -2.34. The van der Waals surface area contributed by atoms with E-state index >= 15 is 0 Å². The third-order valence-corrected chi connectivity index (χ3v) is 4.09. The van der Waals surface area contributed by atoms with Gasteiger partial charge in [-0.05, 0) is 31.9 Å². The smallest absolute Gasteiger partial charge is 0.172 e. The molecule has 0 aromatic heterocycles. The maximum atomic E-state index is 5.84. The Balaban J connectivity index is 2.16. The highest BCUT2D eigenvalue weighted by molar-refractivity contribution is 5.17. The molecule has 2 aromatic rings. The van der Waals surface area contributed by atoms with E-state index in [0.717, 1.165) is 13.1 Å². The normalized spacial score (nSPS) is 12.7. The first-order valence-corrected chi connectivity index (χ1v) is 8.79. The van der Waals surface area contributed by atoms with Gasteiger partial charge in [-0.3, -0.25) is 4.90 Å². The third kappa shape index (κ3) is 5.75. The highest BCUT2D eigenvalue weighted by Gasteiger charge is 2.24. The highest BCUT2D eigenvalue weighted by atomic mass is 16.7. The molecule has 0 saturated heterocycles. The summed E-state index contributed by atoms with van der Waals surface area (Å²) in [6.07, 6.45) is -0.215. The number of benzene rings is 2. The Labute approximate surface area is 146 Å². The van der Waals surface area contributed by atoms with E-state index in [9.17, 15) is 0 Å². The van der Waals surface area contributed by atoms with Crippen molar-refractivity contribution < 1.29 is 9.47 Å². The largest absolute Gasteiger partial charge is 0.351 e. The summed E-state index contributed by atoms with van der Waals surface area (Å²) in [6, 6.07) is 21.3. The fraction of sp³-hybridized carbons (Fsp3) is 0.429. The molecule has 0 fully saturated rings. The van der Waals surface area contributed by atoms with Gasteiger partial charge in [0.25, 0.3) is 0 Å². The van der Waals surface area contributed by atoms with Gasteiger partial charge in [0, 0.05) is 26.3 Å². The molecule has 0 aliphatic carbocycles. The molecule has 1 atom stereocenters. The Morgan fingerprint density at radius 2 is 1.17 bits per heavy atom. The average molecular weight is 327 g/mol. The first-order chi connectivity index (χ1) is 11.7. The molecule has 1 unspecified atom stereocenters. The summed E-state index contributed by atoms with van der Waals surface area (Å²) in [5.74, 6) is 0. The zero-order valence-corrected chi connectivity index (χ0v) is 15.0. The first-order valence-electron chi connectivity index (χ1n) is 8.79. The zero-order valence-electron chi connectivity index (χ0n) is 15.0. The lowest BCUT2D eigenvalue weighted by Crippen LogP contribution is -2.43. The van der Waals surface area contributed by atoms with Crippen LogP contribution in [0, 0.1) is 0 Å². The fourth-order valence-electron chi connectivity index (χ4n) is 2.81. The van der Waals surface area contributed by atoms with Crippen molar-refractivity contribution >= 4 is 0 Å². The number of hydrogen-bond donors (Lipinski definition) is 0. The molecule has 2 rings (SSSR count). The van der Waals surface area contributed by atoms with Gasteiger partial charge in [0.05, 0.1) is 6.04 Å². The van der Waals surface area contributed by atoms with Crippen LogP contribution < -0.4 is 0 Å². The van der Waals surface area contributed by atoms with Crippen LogP contribution in [0.2, 0.25) is 0 Å². The van der Waals surface area contributed by atoms with Crippen molar-refractivity contribution in [1.29, 1.82) is 0 Å².